The highest BCUT2D eigenvalue weighted by Crippen LogP contribution is 2.39. The summed E-state index contributed by atoms with van der Waals surface area (Å²) >= 11 is 0. The van der Waals surface area contributed by atoms with Crippen molar-refractivity contribution in [3.63, 3.8) is 0 Å². The second-order valence-corrected chi connectivity index (χ2v) is 7.32. The second kappa shape index (κ2) is 4.71. The van der Waals surface area contributed by atoms with E-state index in [1.807, 2.05) is 27.7 Å². The maximum absolute atomic E-state index is 14.1. The molecule has 0 aliphatic carbocycles. The van der Waals surface area contributed by atoms with Crippen molar-refractivity contribution in [1.82, 2.24) is 0 Å². The number of rotatable bonds is 1. The number of ether oxygens (including phenoxy) is 2. The summed E-state index contributed by atoms with van der Waals surface area (Å²) in [6.45, 7) is 10.9. The van der Waals surface area contributed by atoms with Crippen molar-refractivity contribution in [1.29, 1.82) is 0 Å². The lowest BCUT2D eigenvalue weighted by Gasteiger charge is -2.33. The molecule has 7 heteroatoms. The van der Waals surface area contributed by atoms with Crippen molar-refractivity contribution in [2.75, 3.05) is 0 Å². The molecule has 0 N–H and O–H groups in total. The number of fused-ring (bicyclic) bond motifs is 1. The molecule has 1 aromatic rings. The molecule has 2 aliphatic heterocycles. The summed E-state index contributed by atoms with van der Waals surface area (Å²) < 4.78 is 36.9. The zero-order valence-electron chi connectivity index (χ0n) is 14.2. The van der Waals surface area contributed by atoms with E-state index in [1.54, 1.807) is 13.8 Å². The minimum atomic E-state index is -1.18. The van der Waals surface area contributed by atoms with Crippen molar-refractivity contribution in [2.45, 2.75) is 58.5 Å². The zero-order chi connectivity index (χ0) is 17.2. The van der Waals surface area contributed by atoms with Crippen LogP contribution in [0.1, 0.15) is 51.9 Å². The Balaban J connectivity index is 2.10. The van der Waals surface area contributed by atoms with Crippen LogP contribution in [-0.2, 0) is 14.0 Å². The molecular weight excluding hydrogens is 302 g/mol. The predicted octanol–water partition coefficient (Wildman–Crippen LogP) is 2.41. The van der Waals surface area contributed by atoms with Crippen LogP contribution < -0.4 is 10.2 Å². The van der Waals surface area contributed by atoms with Crippen LogP contribution >= 0.6 is 0 Å². The van der Waals surface area contributed by atoms with E-state index in [2.05, 4.69) is 0 Å². The molecule has 0 atom stereocenters. The highest BCUT2D eigenvalue weighted by molar-refractivity contribution is 6.63. The minimum absolute atomic E-state index is 0.116. The quantitative estimate of drug-likeness (QED) is 0.587. The van der Waals surface area contributed by atoms with E-state index >= 15 is 0 Å². The smallest absolute Gasteiger partial charge is 0.452 e. The van der Waals surface area contributed by atoms with E-state index in [4.69, 9.17) is 18.8 Å². The largest absolute Gasteiger partial charge is 0.498 e. The number of carbonyl (C=O) groups excluding carboxylic acids is 1. The minimum Gasteiger partial charge on any atom is -0.452 e. The van der Waals surface area contributed by atoms with Crippen molar-refractivity contribution in [3.8, 4) is 5.75 Å². The Hall–Kier alpha value is -1.60. The third kappa shape index (κ3) is 2.52. The standard InChI is InChI=1S/C16H20BFO5/c1-14(2)15(3,4)23-17(22-14)9-7-8-10(18)11-12(9)20-16(5,6)21-13(11)19/h7-8H,1-6H3. The molecule has 1 fully saturated rings. The number of carbonyl (C=O) groups is 1. The molecule has 0 radical (unpaired) electrons. The van der Waals surface area contributed by atoms with Gasteiger partial charge in [-0.15, -0.1) is 0 Å². The number of halogens is 1. The van der Waals surface area contributed by atoms with Gasteiger partial charge < -0.3 is 18.8 Å². The molecule has 3 rings (SSSR count). The lowest BCUT2D eigenvalue weighted by molar-refractivity contribution is -0.127. The third-order valence-electron chi connectivity index (χ3n) is 4.53. The van der Waals surface area contributed by atoms with Gasteiger partial charge >= 0.3 is 13.1 Å². The van der Waals surface area contributed by atoms with Crippen LogP contribution in [0, 0.1) is 5.82 Å². The Morgan fingerprint density at radius 1 is 0.957 bits per heavy atom. The molecule has 1 aromatic carbocycles. The van der Waals surface area contributed by atoms with Crippen molar-refractivity contribution >= 4 is 18.6 Å². The van der Waals surface area contributed by atoms with Crippen LogP contribution in [0.15, 0.2) is 12.1 Å². The zero-order valence-corrected chi connectivity index (χ0v) is 14.2. The third-order valence-corrected chi connectivity index (χ3v) is 4.53. The summed E-state index contributed by atoms with van der Waals surface area (Å²) in [5.41, 5.74) is -0.853. The molecule has 1 saturated heterocycles. The molecule has 5 nitrogen and oxygen atoms in total. The summed E-state index contributed by atoms with van der Waals surface area (Å²) in [7, 11) is -0.754. The van der Waals surface area contributed by atoms with Crippen LogP contribution in [0.25, 0.3) is 0 Å². The summed E-state index contributed by atoms with van der Waals surface area (Å²) in [6.07, 6.45) is 0. The normalized spacial score (nSPS) is 24.0. The number of esters is 1. The number of hydrogen-bond acceptors (Lipinski definition) is 5. The average Bonchev–Trinajstić information content (AvgIpc) is 2.56. The lowest BCUT2D eigenvalue weighted by Crippen LogP contribution is -2.45. The summed E-state index contributed by atoms with van der Waals surface area (Å²) in [5, 5.41) is 0. The van der Waals surface area contributed by atoms with E-state index < -0.39 is 35.9 Å². The van der Waals surface area contributed by atoms with E-state index in [9.17, 15) is 9.18 Å². The Labute approximate surface area is 135 Å². The van der Waals surface area contributed by atoms with Gasteiger partial charge in [0.05, 0.1) is 11.2 Å². The van der Waals surface area contributed by atoms with Crippen LogP contribution in [0.3, 0.4) is 0 Å². The van der Waals surface area contributed by atoms with Gasteiger partial charge in [-0.05, 0) is 33.8 Å². The maximum atomic E-state index is 14.1. The van der Waals surface area contributed by atoms with Gasteiger partial charge in [0.1, 0.15) is 17.1 Å². The lowest BCUT2D eigenvalue weighted by atomic mass is 9.77. The maximum Gasteiger partial charge on any atom is 0.498 e. The monoisotopic (exact) mass is 322 g/mol. The first-order chi connectivity index (χ1) is 10.4. The fraction of sp³-hybridized carbons (Fsp3) is 0.562. The van der Waals surface area contributed by atoms with Gasteiger partial charge in [-0.25, -0.2) is 9.18 Å². The molecule has 23 heavy (non-hydrogen) atoms. The highest BCUT2D eigenvalue weighted by atomic mass is 19.1. The number of benzene rings is 1. The van der Waals surface area contributed by atoms with Gasteiger partial charge in [0, 0.05) is 19.3 Å². The Kier molecular flexibility index (Phi) is 3.33. The Bertz CT molecular complexity index is 667. The SMILES string of the molecule is CC1(C)OC(=O)c2c(F)ccc(B3OC(C)(C)C(C)(C)O3)c2O1. The first kappa shape index (κ1) is 16.3. The van der Waals surface area contributed by atoms with E-state index in [0.29, 0.717) is 5.46 Å². The van der Waals surface area contributed by atoms with E-state index in [-0.39, 0.29) is 11.3 Å². The van der Waals surface area contributed by atoms with Gasteiger partial charge in [-0.3, -0.25) is 0 Å². The van der Waals surface area contributed by atoms with Crippen LogP contribution in [0.4, 0.5) is 4.39 Å². The van der Waals surface area contributed by atoms with Gasteiger partial charge in [0.2, 0.25) is 5.79 Å². The van der Waals surface area contributed by atoms with Crippen molar-refractivity contribution in [3.05, 3.63) is 23.5 Å². The molecule has 0 spiro atoms. The number of cyclic esters (lactones) is 1. The first-order valence-electron chi connectivity index (χ1n) is 7.54. The second-order valence-electron chi connectivity index (χ2n) is 7.32. The van der Waals surface area contributed by atoms with Gasteiger partial charge in [0.15, 0.2) is 0 Å². The molecule has 2 aliphatic rings. The first-order valence-corrected chi connectivity index (χ1v) is 7.54. The van der Waals surface area contributed by atoms with E-state index in [0.717, 1.165) is 0 Å². The Morgan fingerprint density at radius 2 is 1.52 bits per heavy atom. The van der Waals surface area contributed by atoms with Gasteiger partial charge in [0.25, 0.3) is 0 Å². The van der Waals surface area contributed by atoms with Crippen LogP contribution in [0.5, 0.6) is 5.75 Å². The molecule has 124 valence electrons. The average molecular weight is 322 g/mol. The predicted molar refractivity (Wildman–Crippen MR) is 82.2 cm³/mol. The van der Waals surface area contributed by atoms with Gasteiger partial charge in [-0.1, -0.05) is 6.07 Å². The van der Waals surface area contributed by atoms with Crippen molar-refractivity contribution in [2.24, 2.45) is 0 Å². The fourth-order valence-electron chi connectivity index (χ4n) is 2.57. The molecular formula is C16H20BFO5. The Morgan fingerprint density at radius 3 is 2.09 bits per heavy atom. The van der Waals surface area contributed by atoms with Gasteiger partial charge in [-0.2, -0.15) is 0 Å². The summed E-state index contributed by atoms with van der Waals surface area (Å²) in [6, 6.07) is 2.72. The molecule has 0 unspecified atom stereocenters. The summed E-state index contributed by atoms with van der Waals surface area (Å²) in [5.74, 6) is -2.52. The van der Waals surface area contributed by atoms with Crippen LogP contribution in [-0.4, -0.2) is 30.1 Å². The molecule has 0 bridgehead atoms. The van der Waals surface area contributed by atoms with Crippen molar-refractivity contribution < 1.29 is 28.0 Å². The molecule has 0 aromatic heterocycles. The highest BCUT2D eigenvalue weighted by Gasteiger charge is 2.53. The summed E-state index contributed by atoms with van der Waals surface area (Å²) in [4.78, 5) is 12.1. The fourth-order valence-corrected chi connectivity index (χ4v) is 2.57. The molecule has 0 saturated carbocycles. The number of hydrogen-bond donors (Lipinski definition) is 0. The van der Waals surface area contributed by atoms with Crippen LogP contribution in [0.2, 0.25) is 0 Å². The van der Waals surface area contributed by atoms with E-state index in [1.165, 1.54) is 12.1 Å². The molecule has 0 amide bonds. The topological polar surface area (TPSA) is 54.0 Å². The molecule has 2 heterocycles.